The quantitative estimate of drug-likeness (QED) is 0.739. The molecule has 1 aliphatic carbocycles. The smallest absolute Gasteiger partial charge is 0.347 e. The van der Waals surface area contributed by atoms with E-state index in [2.05, 4.69) is 5.32 Å². The summed E-state index contributed by atoms with van der Waals surface area (Å²) in [5, 5.41) is 12.4. The van der Waals surface area contributed by atoms with Gasteiger partial charge in [-0.25, -0.2) is 9.59 Å². The fourth-order valence-corrected chi connectivity index (χ4v) is 4.34. The van der Waals surface area contributed by atoms with Crippen LogP contribution in [-0.4, -0.2) is 47.2 Å². The van der Waals surface area contributed by atoms with Gasteiger partial charge in [0.15, 0.2) is 5.60 Å². The zero-order valence-electron chi connectivity index (χ0n) is 17.7. The minimum absolute atomic E-state index is 0.0414. The summed E-state index contributed by atoms with van der Waals surface area (Å²) in [5.74, 6) is 0.413. The van der Waals surface area contributed by atoms with E-state index in [4.69, 9.17) is 4.74 Å². The Balaban J connectivity index is 1.57. The van der Waals surface area contributed by atoms with Crippen molar-refractivity contribution in [2.45, 2.75) is 70.3 Å². The number of carbonyl (C=O) groups is 2. The molecule has 29 heavy (non-hydrogen) atoms. The molecule has 0 bridgehead atoms. The standard InChI is InChI=1S/C23H34N2O4/c1-23(2,21(26)27)29-20-12-6-10-18(14-20)19-11-7-13-25(16-19)22(28)24-15-17-8-4-3-5-9-17/h6,10,12,14,17,19H,3-5,7-9,11,13,15-16H2,1-2H3,(H,24,28)(H,26,27). The highest BCUT2D eigenvalue weighted by Gasteiger charge is 2.30. The lowest BCUT2D eigenvalue weighted by Gasteiger charge is -2.34. The van der Waals surface area contributed by atoms with Gasteiger partial charge in [0.05, 0.1) is 0 Å². The van der Waals surface area contributed by atoms with Crippen LogP contribution in [0.2, 0.25) is 0 Å². The number of rotatable bonds is 6. The third kappa shape index (κ3) is 5.87. The summed E-state index contributed by atoms with van der Waals surface area (Å²) >= 11 is 0. The maximum Gasteiger partial charge on any atom is 0.347 e. The molecule has 1 saturated heterocycles. The molecule has 1 atom stereocenters. The molecule has 3 rings (SSSR count). The van der Waals surface area contributed by atoms with Crippen molar-refractivity contribution < 1.29 is 19.4 Å². The topological polar surface area (TPSA) is 78.9 Å². The van der Waals surface area contributed by atoms with E-state index in [9.17, 15) is 14.7 Å². The molecule has 2 aliphatic rings. The Morgan fingerprint density at radius 2 is 1.93 bits per heavy atom. The largest absolute Gasteiger partial charge is 0.478 e. The Hall–Kier alpha value is -2.24. The first-order chi connectivity index (χ1) is 13.8. The second-order valence-corrected chi connectivity index (χ2v) is 8.97. The van der Waals surface area contributed by atoms with Crippen molar-refractivity contribution in [3.05, 3.63) is 29.8 Å². The van der Waals surface area contributed by atoms with Crippen LogP contribution in [0.4, 0.5) is 4.79 Å². The first-order valence-electron chi connectivity index (χ1n) is 10.9. The van der Waals surface area contributed by atoms with Gasteiger partial charge >= 0.3 is 12.0 Å². The SMILES string of the molecule is CC(C)(Oc1cccc(C2CCCN(C(=O)NCC3CCCCC3)C2)c1)C(=O)O. The minimum Gasteiger partial charge on any atom is -0.478 e. The molecule has 2 N–H and O–H groups in total. The lowest BCUT2D eigenvalue weighted by molar-refractivity contribution is -0.152. The molecule has 6 nitrogen and oxygen atoms in total. The Kier molecular flexibility index (Phi) is 7.04. The molecule has 1 aliphatic heterocycles. The number of likely N-dealkylation sites (tertiary alicyclic amines) is 1. The highest BCUT2D eigenvalue weighted by atomic mass is 16.5. The monoisotopic (exact) mass is 402 g/mol. The zero-order valence-corrected chi connectivity index (χ0v) is 17.7. The van der Waals surface area contributed by atoms with E-state index in [-0.39, 0.29) is 11.9 Å². The van der Waals surface area contributed by atoms with Crippen LogP contribution in [-0.2, 0) is 4.79 Å². The minimum atomic E-state index is -1.28. The van der Waals surface area contributed by atoms with Gasteiger partial charge in [-0.15, -0.1) is 0 Å². The van der Waals surface area contributed by atoms with Crippen LogP contribution in [0.5, 0.6) is 5.75 Å². The molecular formula is C23H34N2O4. The number of hydrogen-bond acceptors (Lipinski definition) is 3. The summed E-state index contributed by atoms with van der Waals surface area (Å²) in [7, 11) is 0. The molecule has 160 valence electrons. The number of carboxylic acids is 1. The van der Waals surface area contributed by atoms with Crippen molar-refractivity contribution in [3.63, 3.8) is 0 Å². The third-order valence-electron chi connectivity index (χ3n) is 6.19. The van der Waals surface area contributed by atoms with E-state index in [0.717, 1.165) is 31.5 Å². The molecule has 6 heteroatoms. The van der Waals surface area contributed by atoms with Crippen molar-refractivity contribution >= 4 is 12.0 Å². The molecule has 1 unspecified atom stereocenters. The van der Waals surface area contributed by atoms with Crippen molar-refractivity contribution in [2.24, 2.45) is 5.92 Å². The fraction of sp³-hybridized carbons (Fsp3) is 0.652. The Labute approximate surface area is 173 Å². The summed E-state index contributed by atoms with van der Waals surface area (Å²) in [6, 6.07) is 7.67. The first-order valence-corrected chi connectivity index (χ1v) is 10.9. The molecule has 2 fully saturated rings. The van der Waals surface area contributed by atoms with Crippen LogP contribution >= 0.6 is 0 Å². The number of urea groups is 1. The van der Waals surface area contributed by atoms with Crippen molar-refractivity contribution in [1.29, 1.82) is 0 Å². The molecule has 0 aromatic heterocycles. The number of carboxylic acid groups (broad SMARTS) is 1. The van der Waals surface area contributed by atoms with Gasteiger partial charge in [-0.05, 0) is 63.1 Å². The average molecular weight is 403 g/mol. The zero-order chi connectivity index (χ0) is 20.9. The Morgan fingerprint density at radius 3 is 2.66 bits per heavy atom. The second kappa shape index (κ2) is 9.51. The van der Waals surface area contributed by atoms with Gasteiger partial charge in [0, 0.05) is 25.6 Å². The van der Waals surface area contributed by atoms with Gasteiger partial charge in [-0.1, -0.05) is 31.4 Å². The van der Waals surface area contributed by atoms with E-state index < -0.39 is 11.6 Å². The van der Waals surface area contributed by atoms with Gasteiger partial charge in [-0.3, -0.25) is 0 Å². The molecule has 1 aromatic rings. The van der Waals surface area contributed by atoms with Crippen LogP contribution in [0, 0.1) is 5.92 Å². The van der Waals surface area contributed by atoms with E-state index in [1.54, 1.807) is 19.9 Å². The lowest BCUT2D eigenvalue weighted by Crippen LogP contribution is -2.46. The van der Waals surface area contributed by atoms with Crippen LogP contribution < -0.4 is 10.1 Å². The van der Waals surface area contributed by atoms with E-state index in [1.807, 2.05) is 23.1 Å². The number of benzene rings is 1. The van der Waals surface area contributed by atoms with Gasteiger partial charge in [0.25, 0.3) is 0 Å². The average Bonchev–Trinajstić information content (AvgIpc) is 2.72. The van der Waals surface area contributed by atoms with E-state index in [1.165, 1.54) is 32.1 Å². The van der Waals surface area contributed by atoms with Crippen LogP contribution in [0.25, 0.3) is 0 Å². The molecule has 0 radical (unpaired) electrons. The van der Waals surface area contributed by atoms with Crippen molar-refractivity contribution in [2.75, 3.05) is 19.6 Å². The number of nitrogens with zero attached hydrogens (tertiary/aromatic N) is 1. The number of amides is 2. The van der Waals surface area contributed by atoms with Gasteiger partial charge < -0.3 is 20.1 Å². The second-order valence-electron chi connectivity index (χ2n) is 8.97. The predicted octanol–water partition coefficient (Wildman–Crippen LogP) is 4.40. The molecule has 1 heterocycles. The summed E-state index contributed by atoms with van der Waals surface area (Å²) in [6.45, 7) is 5.34. The van der Waals surface area contributed by atoms with Crippen LogP contribution in [0.3, 0.4) is 0 Å². The fourth-order valence-electron chi connectivity index (χ4n) is 4.34. The van der Waals surface area contributed by atoms with Crippen LogP contribution in [0.15, 0.2) is 24.3 Å². The third-order valence-corrected chi connectivity index (χ3v) is 6.19. The lowest BCUT2D eigenvalue weighted by atomic mass is 9.89. The van der Waals surface area contributed by atoms with Crippen molar-refractivity contribution in [3.8, 4) is 5.75 Å². The summed E-state index contributed by atoms with van der Waals surface area (Å²) in [5.41, 5.74) is -0.190. The summed E-state index contributed by atoms with van der Waals surface area (Å²) in [6.07, 6.45) is 8.31. The number of piperidine rings is 1. The number of hydrogen-bond donors (Lipinski definition) is 2. The molecule has 2 amide bonds. The van der Waals surface area contributed by atoms with E-state index >= 15 is 0 Å². The maximum absolute atomic E-state index is 12.7. The predicted molar refractivity (Wildman–Crippen MR) is 112 cm³/mol. The van der Waals surface area contributed by atoms with Crippen molar-refractivity contribution in [1.82, 2.24) is 10.2 Å². The van der Waals surface area contributed by atoms with Gasteiger partial charge in [0.2, 0.25) is 0 Å². The Morgan fingerprint density at radius 1 is 1.17 bits per heavy atom. The summed E-state index contributed by atoms with van der Waals surface area (Å²) in [4.78, 5) is 25.9. The molecular weight excluding hydrogens is 368 g/mol. The number of ether oxygens (including phenoxy) is 1. The maximum atomic E-state index is 12.7. The first kappa shape index (κ1) is 21.5. The van der Waals surface area contributed by atoms with Crippen LogP contribution in [0.1, 0.15) is 70.3 Å². The normalized spacial score (nSPS) is 20.9. The summed E-state index contributed by atoms with van der Waals surface area (Å²) < 4.78 is 5.68. The van der Waals surface area contributed by atoms with E-state index in [0.29, 0.717) is 18.2 Å². The highest BCUT2D eigenvalue weighted by Crippen LogP contribution is 2.30. The number of nitrogens with one attached hydrogen (secondary N) is 1. The van der Waals surface area contributed by atoms with Gasteiger partial charge in [0.1, 0.15) is 5.75 Å². The number of aliphatic carboxylic acids is 1. The van der Waals surface area contributed by atoms with Gasteiger partial charge in [-0.2, -0.15) is 0 Å². The molecule has 1 aromatic carbocycles. The highest BCUT2D eigenvalue weighted by molar-refractivity contribution is 5.76. The molecule has 1 saturated carbocycles. The molecule has 0 spiro atoms. The number of carbonyl (C=O) groups excluding carboxylic acids is 1. The Bertz CT molecular complexity index is 713.